The SMILES string of the molecule is Cc1ccccc1CN1CCC(=O)CC1C. The van der Waals surface area contributed by atoms with Crippen LogP contribution in [0.1, 0.15) is 30.9 Å². The molecule has 1 fully saturated rings. The first-order valence-corrected chi connectivity index (χ1v) is 5.97. The Balaban J connectivity index is 2.05. The minimum atomic E-state index is 0.390. The van der Waals surface area contributed by atoms with E-state index in [1.165, 1.54) is 11.1 Å². The number of likely N-dealkylation sites (tertiary alicyclic amines) is 1. The second kappa shape index (κ2) is 4.79. The standard InChI is InChI=1S/C14H19NO/c1-11-5-3-4-6-13(11)10-15-8-7-14(16)9-12(15)2/h3-6,12H,7-10H2,1-2H3. The third kappa shape index (κ3) is 2.50. The summed E-state index contributed by atoms with van der Waals surface area (Å²) >= 11 is 0. The number of piperidine rings is 1. The summed E-state index contributed by atoms with van der Waals surface area (Å²) in [6, 6.07) is 8.87. The zero-order valence-corrected chi connectivity index (χ0v) is 10.1. The molecular formula is C14H19NO. The van der Waals surface area contributed by atoms with Crippen LogP contribution < -0.4 is 0 Å². The number of hydrogen-bond acceptors (Lipinski definition) is 2. The molecule has 2 nitrogen and oxygen atoms in total. The summed E-state index contributed by atoms with van der Waals surface area (Å²) in [4.78, 5) is 13.7. The van der Waals surface area contributed by atoms with Crippen LogP contribution in [0.25, 0.3) is 0 Å². The van der Waals surface area contributed by atoms with Crippen molar-refractivity contribution in [1.82, 2.24) is 4.90 Å². The van der Waals surface area contributed by atoms with Gasteiger partial charge in [0.2, 0.25) is 0 Å². The van der Waals surface area contributed by atoms with E-state index in [9.17, 15) is 4.79 Å². The number of ketones is 1. The molecule has 1 aliphatic heterocycles. The van der Waals surface area contributed by atoms with E-state index in [1.807, 2.05) is 0 Å². The highest BCUT2D eigenvalue weighted by Gasteiger charge is 2.23. The Morgan fingerprint density at radius 3 is 2.81 bits per heavy atom. The summed E-state index contributed by atoms with van der Waals surface area (Å²) in [5, 5.41) is 0. The molecule has 2 rings (SSSR count). The second-order valence-electron chi connectivity index (χ2n) is 4.74. The summed E-state index contributed by atoms with van der Waals surface area (Å²) in [7, 11) is 0. The summed E-state index contributed by atoms with van der Waals surface area (Å²) < 4.78 is 0. The van der Waals surface area contributed by atoms with Gasteiger partial charge in [-0.1, -0.05) is 24.3 Å². The van der Waals surface area contributed by atoms with Crippen LogP contribution in [0.4, 0.5) is 0 Å². The lowest BCUT2D eigenvalue weighted by Gasteiger charge is -2.32. The van der Waals surface area contributed by atoms with E-state index < -0.39 is 0 Å². The van der Waals surface area contributed by atoms with E-state index in [0.717, 1.165) is 19.5 Å². The van der Waals surface area contributed by atoms with Crippen LogP contribution in [-0.4, -0.2) is 23.3 Å². The van der Waals surface area contributed by atoms with Crippen molar-refractivity contribution in [2.45, 2.75) is 39.3 Å². The fourth-order valence-corrected chi connectivity index (χ4v) is 2.29. The molecule has 2 heteroatoms. The number of rotatable bonds is 2. The van der Waals surface area contributed by atoms with Crippen LogP contribution in [0.2, 0.25) is 0 Å². The second-order valence-corrected chi connectivity index (χ2v) is 4.74. The fraction of sp³-hybridized carbons (Fsp3) is 0.500. The normalized spacial score (nSPS) is 22.4. The molecule has 16 heavy (non-hydrogen) atoms. The molecule has 1 unspecified atom stereocenters. The van der Waals surface area contributed by atoms with Gasteiger partial charge < -0.3 is 0 Å². The van der Waals surface area contributed by atoms with E-state index >= 15 is 0 Å². The lowest BCUT2D eigenvalue weighted by atomic mass is 10.0. The van der Waals surface area contributed by atoms with E-state index in [0.29, 0.717) is 18.2 Å². The van der Waals surface area contributed by atoms with Crippen molar-refractivity contribution in [3.63, 3.8) is 0 Å². The van der Waals surface area contributed by atoms with Crippen LogP contribution in [0.3, 0.4) is 0 Å². The minimum Gasteiger partial charge on any atom is -0.300 e. The molecule has 0 spiro atoms. The summed E-state index contributed by atoms with van der Waals surface area (Å²) in [5.74, 6) is 0.411. The molecule has 1 aliphatic rings. The van der Waals surface area contributed by atoms with Crippen LogP contribution in [0.15, 0.2) is 24.3 Å². The van der Waals surface area contributed by atoms with Crippen molar-refractivity contribution < 1.29 is 4.79 Å². The van der Waals surface area contributed by atoms with Crippen molar-refractivity contribution in [3.05, 3.63) is 35.4 Å². The molecule has 0 N–H and O–H groups in total. The number of benzene rings is 1. The summed E-state index contributed by atoms with van der Waals surface area (Å²) in [6.07, 6.45) is 1.43. The van der Waals surface area contributed by atoms with Gasteiger partial charge in [0.25, 0.3) is 0 Å². The molecule has 1 aromatic rings. The van der Waals surface area contributed by atoms with E-state index in [4.69, 9.17) is 0 Å². The Labute approximate surface area is 97.3 Å². The minimum absolute atomic E-state index is 0.390. The highest BCUT2D eigenvalue weighted by molar-refractivity contribution is 5.79. The van der Waals surface area contributed by atoms with Gasteiger partial charge in [-0.25, -0.2) is 0 Å². The van der Waals surface area contributed by atoms with Crippen LogP contribution in [-0.2, 0) is 11.3 Å². The monoisotopic (exact) mass is 217 g/mol. The number of carbonyl (C=O) groups is 1. The number of hydrogen-bond donors (Lipinski definition) is 0. The van der Waals surface area contributed by atoms with Gasteiger partial charge in [-0.15, -0.1) is 0 Å². The Bertz CT molecular complexity index is 386. The lowest BCUT2D eigenvalue weighted by Crippen LogP contribution is -2.40. The molecule has 86 valence electrons. The molecule has 1 heterocycles. The van der Waals surface area contributed by atoms with E-state index in [2.05, 4.69) is 43.0 Å². The molecular weight excluding hydrogens is 198 g/mol. The quantitative estimate of drug-likeness (QED) is 0.758. The van der Waals surface area contributed by atoms with Crippen molar-refractivity contribution in [2.75, 3.05) is 6.54 Å². The first kappa shape index (κ1) is 11.3. The zero-order chi connectivity index (χ0) is 11.5. The van der Waals surface area contributed by atoms with Crippen molar-refractivity contribution in [1.29, 1.82) is 0 Å². The van der Waals surface area contributed by atoms with Crippen molar-refractivity contribution in [2.24, 2.45) is 0 Å². The lowest BCUT2D eigenvalue weighted by molar-refractivity contribution is -0.123. The molecule has 0 amide bonds. The van der Waals surface area contributed by atoms with Gasteiger partial charge in [0.1, 0.15) is 5.78 Å². The van der Waals surface area contributed by atoms with Gasteiger partial charge in [-0.2, -0.15) is 0 Å². The maximum absolute atomic E-state index is 11.3. The first-order chi connectivity index (χ1) is 7.66. The molecule has 0 saturated carbocycles. The summed E-state index contributed by atoms with van der Waals surface area (Å²) in [6.45, 7) is 6.18. The topological polar surface area (TPSA) is 20.3 Å². The summed E-state index contributed by atoms with van der Waals surface area (Å²) in [5.41, 5.74) is 2.72. The number of nitrogens with zero attached hydrogens (tertiary/aromatic N) is 1. The zero-order valence-electron chi connectivity index (χ0n) is 10.1. The molecule has 0 bridgehead atoms. The molecule has 0 aliphatic carbocycles. The van der Waals surface area contributed by atoms with Crippen LogP contribution in [0.5, 0.6) is 0 Å². The average Bonchev–Trinajstić information content (AvgIpc) is 2.25. The Hall–Kier alpha value is -1.15. The molecule has 1 atom stereocenters. The van der Waals surface area contributed by atoms with Crippen LogP contribution in [0, 0.1) is 6.92 Å². The third-order valence-corrected chi connectivity index (χ3v) is 3.46. The van der Waals surface area contributed by atoms with Gasteiger partial charge in [-0.3, -0.25) is 9.69 Å². The molecule has 1 aromatic carbocycles. The van der Waals surface area contributed by atoms with Gasteiger partial charge in [0.15, 0.2) is 0 Å². The maximum Gasteiger partial charge on any atom is 0.135 e. The van der Waals surface area contributed by atoms with E-state index in [-0.39, 0.29) is 0 Å². The third-order valence-electron chi connectivity index (χ3n) is 3.46. The Kier molecular flexibility index (Phi) is 3.39. The predicted molar refractivity (Wildman–Crippen MR) is 65.3 cm³/mol. The Morgan fingerprint density at radius 2 is 2.12 bits per heavy atom. The molecule has 0 aromatic heterocycles. The van der Waals surface area contributed by atoms with Gasteiger partial charge in [-0.05, 0) is 25.0 Å². The molecule has 1 saturated heterocycles. The number of Topliss-reactive ketones (excluding diaryl/α,β-unsaturated/α-hetero) is 1. The smallest absolute Gasteiger partial charge is 0.135 e. The molecule has 0 radical (unpaired) electrons. The van der Waals surface area contributed by atoms with Gasteiger partial charge in [0, 0.05) is 32.0 Å². The van der Waals surface area contributed by atoms with Crippen molar-refractivity contribution >= 4 is 5.78 Å². The van der Waals surface area contributed by atoms with E-state index in [1.54, 1.807) is 0 Å². The first-order valence-electron chi connectivity index (χ1n) is 5.97. The Morgan fingerprint density at radius 1 is 1.38 bits per heavy atom. The highest BCUT2D eigenvalue weighted by Crippen LogP contribution is 2.18. The predicted octanol–water partition coefficient (Wildman–Crippen LogP) is 2.55. The largest absolute Gasteiger partial charge is 0.300 e. The maximum atomic E-state index is 11.3. The number of aryl methyl sites for hydroxylation is 1. The van der Waals surface area contributed by atoms with Gasteiger partial charge in [0.05, 0.1) is 0 Å². The highest BCUT2D eigenvalue weighted by atomic mass is 16.1. The average molecular weight is 217 g/mol. The van der Waals surface area contributed by atoms with Crippen LogP contribution >= 0.6 is 0 Å². The van der Waals surface area contributed by atoms with Gasteiger partial charge >= 0.3 is 0 Å². The number of carbonyl (C=O) groups excluding carboxylic acids is 1. The van der Waals surface area contributed by atoms with Crippen molar-refractivity contribution in [3.8, 4) is 0 Å². The fourth-order valence-electron chi connectivity index (χ4n) is 2.29.